The quantitative estimate of drug-likeness (QED) is 0.411. The molecule has 132 valence electrons. The zero-order valence-electron chi connectivity index (χ0n) is 13.5. The third-order valence-electron chi connectivity index (χ3n) is 3.39. The molecular weight excluding hydrogens is 353 g/mol. The van der Waals surface area contributed by atoms with Gasteiger partial charge in [0, 0.05) is 18.2 Å². The van der Waals surface area contributed by atoms with Gasteiger partial charge in [0.15, 0.2) is 5.69 Å². The molecule has 0 atom stereocenters. The Morgan fingerprint density at radius 3 is 2.60 bits per heavy atom. The maximum atomic E-state index is 13.6. The lowest BCUT2D eigenvalue weighted by molar-refractivity contribution is -0.384. The van der Waals surface area contributed by atoms with Gasteiger partial charge in [0.2, 0.25) is 0 Å². The number of likely N-dealkylation sites (N-methyl/N-ethyl adjacent to an activating group) is 1. The first kappa shape index (κ1) is 18.8. The van der Waals surface area contributed by atoms with Gasteiger partial charge in [0.05, 0.1) is 15.5 Å². The van der Waals surface area contributed by atoms with Crippen molar-refractivity contribution in [1.29, 1.82) is 0 Å². The average molecular weight is 368 g/mol. The van der Waals surface area contributed by atoms with Gasteiger partial charge >= 0.3 is 0 Å². The first-order valence-electron chi connectivity index (χ1n) is 7.22. The van der Waals surface area contributed by atoms with Crippen molar-refractivity contribution in [3.05, 3.63) is 56.2 Å². The van der Waals surface area contributed by atoms with Gasteiger partial charge in [-0.3, -0.25) is 10.1 Å². The number of rotatable bonds is 7. The van der Waals surface area contributed by atoms with E-state index in [0.29, 0.717) is 6.54 Å². The number of halogens is 2. The molecule has 0 heterocycles. The number of nitro groups is 1. The van der Waals surface area contributed by atoms with Crippen LogP contribution in [0, 0.1) is 20.8 Å². The predicted molar refractivity (Wildman–Crippen MR) is 93.0 cm³/mol. The molecule has 9 heteroatoms. The fourth-order valence-corrected chi connectivity index (χ4v) is 2.42. The number of hydrogen-bond donors (Lipinski definition) is 0. The Balaban J connectivity index is 2.53. The van der Waals surface area contributed by atoms with E-state index in [9.17, 15) is 19.4 Å². The van der Waals surface area contributed by atoms with Crippen LogP contribution in [0.15, 0.2) is 35.5 Å². The van der Waals surface area contributed by atoms with Crippen LogP contribution in [0.3, 0.4) is 0 Å². The topological polar surface area (TPSA) is 85.0 Å². The Morgan fingerprint density at radius 2 is 2.00 bits per heavy atom. The molecular formula is C16H15ClFN3O4. The molecule has 2 rings (SSSR count). The normalized spacial score (nSPS) is 10.8. The van der Waals surface area contributed by atoms with Gasteiger partial charge in [0.25, 0.3) is 5.69 Å². The molecule has 0 unspecified atom stereocenters. The second kappa shape index (κ2) is 8.00. The zero-order chi connectivity index (χ0) is 18.6. The molecule has 0 radical (unpaired) electrons. The van der Waals surface area contributed by atoms with E-state index in [-0.39, 0.29) is 39.9 Å². The van der Waals surface area contributed by atoms with Crippen LogP contribution < -0.4 is 4.74 Å². The minimum atomic E-state index is -0.649. The summed E-state index contributed by atoms with van der Waals surface area (Å²) in [5, 5.41) is 14.1. The number of nitroso groups, excluding NO2 is 1. The molecule has 0 aromatic heterocycles. The van der Waals surface area contributed by atoms with Gasteiger partial charge in [-0.05, 0) is 43.5 Å². The molecule has 0 aliphatic heterocycles. The lowest BCUT2D eigenvalue weighted by Gasteiger charge is -2.14. The van der Waals surface area contributed by atoms with Crippen LogP contribution >= 0.6 is 11.6 Å². The fourth-order valence-electron chi connectivity index (χ4n) is 2.16. The summed E-state index contributed by atoms with van der Waals surface area (Å²) >= 11 is 6.12. The standard InChI is InChI=1S/C16H15ClFN3O4/c1-20(2)5-6-25-16-8-11(13(17)9-14(16)19-22)12-7-10(18)3-4-15(12)21(23)24/h3-4,7-9H,5-6H2,1-2H3. The van der Waals surface area contributed by atoms with Gasteiger partial charge in [-0.2, -0.15) is 0 Å². The molecule has 0 fully saturated rings. The van der Waals surface area contributed by atoms with Crippen LogP contribution in [-0.4, -0.2) is 37.1 Å². The van der Waals surface area contributed by atoms with Crippen molar-refractivity contribution < 1.29 is 14.1 Å². The number of benzene rings is 2. The van der Waals surface area contributed by atoms with Gasteiger partial charge < -0.3 is 9.64 Å². The Kier molecular flexibility index (Phi) is 6.00. The fraction of sp³-hybridized carbons (Fsp3) is 0.250. The van der Waals surface area contributed by atoms with Crippen molar-refractivity contribution in [2.75, 3.05) is 27.2 Å². The Bertz CT molecular complexity index is 814. The molecule has 2 aromatic rings. The number of ether oxygens (including phenoxy) is 1. The van der Waals surface area contributed by atoms with E-state index >= 15 is 0 Å². The Morgan fingerprint density at radius 1 is 1.28 bits per heavy atom. The molecule has 0 saturated heterocycles. The van der Waals surface area contributed by atoms with Crippen LogP contribution in [0.5, 0.6) is 5.75 Å². The molecule has 7 nitrogen and oxygen atoms in total. The zero-order valence-corrected chi connectivity index (χ0v) is 14.3. The second-order valence-corrected chi connectivity index (χ2v) is 5.87. The van der Waals surface area contributed by atoms with Crippen molar-refractivity contribution in [1.82, 2.24) is 4.90 Å². The van der Waals surface area contributed by atoms with Crippen LogP contribution in [-0.2, 0) is 0 Å². The van der Waals surface area contributed by atoms with Crippen LogP contribution in [0.4, 0.5) is 15.8 Å². The van der Waals surface area contributed by atoms with E-state index in [1.165, 1.54) is 12.1 Å². The Labute approximate surface area is 148 Å². The van der Waals surface area contributed by atoms with Crippen LogP contribution in [0.25, 0.3) is 11.1 Å². The van der Waals surface area contributed by atoms with Gasteiger partial charge in [-0.15, -0.1) is 4.91 Å². The summed E-state index contributed by atoms with van der Waals surface area (Å²) < 4.78 is 19.1. The summed E-state index contributed by atoms with van der Waals surface area (Å²) in [5.74, 6) is -0.529. The summed E-state index contributed by atoms with van der Waals surface area (Å²) in [7, 11) is 3.71. The minimum Gasteiger partial charge on any atom is -0.490 e. The van der Waals surface area contributed by atoms with Crippen LogP contribution in [0.2, 0.25) is 5.02 Å². The van der Waals surface area contributed by atoms with Gasteiger partial charge in [0.1, 0.15) is 18.2 Å². The molecule has 0 N–H and O–H groups in total. The molecule has 0 amide bonds. The molecule has 0 spiro atoms. The second-order valence-electron chi connectivity index (χ2n) is 5.46. The molecule has 0 aliphatic carbocycles. The lowest BCUT2D eigenvalue weighted by atomic mass is 10.0. The van der Waals surface area contributed by atoms with E-state index in [1.54, 1.807) is 0 Å². The molecule has 0 aliphatic rings. The predicted octanol–water partition coefficient (Wildman–Crippen LogP) is 4.39. The first-order chi connectivity index (χ1) is 11.8. The SMILES string of the molecule is CN(C)CCOc1cc(-c2cc(F)ccc2[N+](=O)[O-])c(Cl)cc1N=O. The van der Waals surface area contributed by atoms with Crippen molar-refractivity contribution in [2.45, 2.75) is 0 Å². The largest absolute Gasteiger partial charge is 0.490 e. The summed E-state index contributed by atoms with van der Waals surface area (Å²) in [6.07, 6.45) is 0. The summed E-state index contributed by atoms with van der Waals surface area (Å²) in [6, 6.07) is 5.65. The average Bonchev–Trinajstić information content (AvgIpc) is 2.55. The van der Waals surface area contributed by atoms with Gasteiger partial charge in [-0.1, -0.05) is 11.6 Å². The number of nitro benzene ring substituents is 1. The van der Waals surface area contributed by atoms with Crippen molar-refractivity contribution >= 4 is 23.0 Å². The van der Waals surface area contributed by atoms with Crippen molar-refractivity contribution in [3.63, 3.8) is 0 Å². The van der Waals surface area contributed by atoms with E-state index in [0.717, 1.165) is 18.2 Å². The van der Waals surface area contributed by atoms with E-state index < -0.39 is 10.7 Å². The van der Waals surface area contributed by atoms with Crippen molar-refractivity contribution in [3.8, 4) is 16.9 Å². The number of hydrogen-bond acceptors (Lipinski definition) is 6. The smallest absolute Gasteiger partial charge is 0.277 e. The third kappa shape index (κ3) is 4.49. The number of nitrogens with zero attached hydrogens (tertiary/aromatic N) is 3. The highest BCUT2D eigenvalue weighted by Crippen LogP contribution is 2.41. The van der Waals surface area contributed by atoms with E-state index in [1.807, 2.05) is 19.0 Å². The van der Waals surface area contributed by atoms with E-state index in [4.69, 9.17) is 16.3 Å². The van der Waals surface area contributed by atoms with Crippen LogP contribution in [0.1, 0.15) is 0 Å². The molecule has 0 bridgehead atoms. The maximum absolute atomic E-state index is 13.6. The maximum Gasteiger partial charge on any atom is 0.277 e. The first-order valence-corrected chi connectivity index (χ1v) is 7.60. The van der Waals surface area contributed by atoms with Gasteiger partial charge in [-0.25, -0.2) is 4.39 Å². The summed E-state index contributed by atoms with van der Waals surface area (Å²) in [6.45, 7) is 0.845. The minimum absolute atomic E-state index is 0.00934. The van der Waals surface area contributed by atoms with E-state index in [2.05, 4.69) is 5.18 Å². The summed E-state index contributed by atoms with van der Waals surface area (Å²) in [4.78, 5) is 23.4. The highest BCUT2D eigenvalue weighted by molar-refractivity contribution is 6.33. The molecule has 2 aromatic carbocycles. The van der Waals surface area contributed by atoms with Crippen molar-refractivity contribution in [2.24, 2.45) is 5.18 Å². The monoisotopic (exact) mass is 367 g/mol. The molecule has 0 saturated carbocycles. The summed E-state index contributed by atoms with van der Waals surface area (Å²) in [5.41, 5.74) is -0.175. The highest BCUT2D eigenvalue weighted by Gasteiger charge is 2.21. The third-order valence-corrected chi connectivity index (χ3v) is 3.70. The molecule has 25 heavy (non-hydrogen) atoms. The lowest BCUT2D eigenvalue weighted by Crippen LogP contribution is -2.19. The Hall–Kier alpha value is -2.58. The highest BCUT2D eigenvalue weighted by atomic mass is 35.5.